The summed E-state index contributed by atoms with van der Waals surface area (Å²) in [4.78, 5) is 36.1. The van der Waals surface area contributed by atoms with Crippen LogP contribution in [0.25, 0.3) is 10.9 Å². The number of nitrogens with one attached hydrogen (secondary N) is 2. The number of aromatic nitrogens is 1. The van der Waals surface area contributed by atoms with Gasteiger partial charge in [0.25, 0.3) is 5.91 Å². The molecule has 46 heavy (non-hydrogen) atoms. The number of allylic oxidation sites excluding steroid dienone is 2. The molecule has 5 rings (SSSR count). The van der Waals surface area contributed by atoms with Gasteiger partial charge < -0.3 is 24.7 Å². The zero-order chi connectivity index (χ0) is 32.8. The Morgan fingerprint density at radius 2 is 1.78 bits per heavy atom. The van der Waals surface area contributed by atoms with E-state index in [2.05, 4.69) is 67.3 Å². The highest BCUT2D eigenvalue weighted by molar-refractivity contribution is 6.22. The van der Waals surface area contributed by atoms with Gasteiger partial charge in [0.2, 0.25) is 5.78 Å². The number of nitrogens with zero attached hydrogens (tertiary/aromatic N) is 2. The number of aryl methyl sites for hydroxylation is 2. The van der Waals surface area contributed by atoms with Gasteiger partial charge >= 0.3 is 0 Å². The van der Waals surface area contributed by atoms with Crippen molar-refractivity contribution in [3.05, 3.63) is 106 Å². The molecule has 0 saturated carbocycles. The minimum atomic E-state index is -0.162. The predicted octanol–water partition coefficient (Wildman–Crippen LogP) is 7.03. The summed E-state index contributed by atoms with van der Waals surface area (Å²) in [6.07, 6.45) is 2.97. The monoisotopic (exact) mass is 620 g/mol. The van der Waals surface area contributed by atoms with Crippen molar-refractivity contribution in [2.75, 3.05) is 40.4 Å². The van der Waals surface area contributed by atoms with E-state index >= 15 is 0 Å². The first-order valence-electron chi connectivity index (χ1n) is 15.8. The summed E-state index contributed by atoms with van der Waals surface area (Å²) in [6.45, 7) is 10.9. The van der Waals surface area contributed by atoms with Crippen LogP contribution >= 0.6 is 0 Å². The van der Waals surface area contributed by atoms with Gasteiger partial charge in [0, 0.05) is 55.6 Å². The molecular formula is C38H44N4O4. The van der Waals surface area contributed by atoms with Gasteiger partial charge in [-0.3, -0.25) is 14.6 Å². The second-order valence-corrected chi connectivity index (χ2v) is 12.7. The van der Waals surface area contributed by atoms with Crippen molar-refractivity contribution in [1.29, 1.82) is 0 Å². The highest BCUT2D eigenvalue weighted by Crippen LogP contribution is 2.30. The summed E-state index contributed by atoms with van der Waals surface area (Å²) < 4.78 is 11.6. The van der Waals surface area contributed by atoms with Crippen LogP contribution in [0.2, 0.25) is 0 Å². The number of aromatic amines is 1. The molecule has 1 amide bonds. The van der Waals surface area contributed by atoms with Crippen molar-refractivity contribution < 1.29 is 19.1 Å². The molecule has 2 N–H and O–H groups in total. The van der Waals surface area contributed by atoms with Crippen molar-refractivity contribution in [1.82, 2.24) is 15.2 Å². The Balaban J connectivity index is 1.32. The molecule has 3 aromatic carbocycles. The van der Waals surface area contributed by atoms with Gasteiger partial charge in [0.05, 0.1) is 24.5 Å². The highest BCUT2D eigenvalue weighted by Gasteiger charge is 2.21. The van der Waals surface area contributed by atoms with E-state index in [0.29, 0.717) is 49.6 Å². The normalized spacial score (nSPS) is 14.4. The van der Waals surface area contributed by atoms with Crippen molar-refractivity contribution >= 4 is 28.8 Å². The fraction of sp³-hybridized carbons (Fsp3) is 0.342. The number of rotatable bonds is 10. The maximum Gasteiger partial charge on any atom is 0.254 e. The largest absolute Gasteiger partial charge is 0.457 e. The maximum atomic E-state index is 13.8. The topological polar surface area (TPSA) is 96.0 Å². The molecular weight excluding hydrogens is 576 g/mol. The number of carbonyl (C=O) groups excluding carboxylic acids is 2. The van der Waals surface area contributed by atoms with Crippen LogP contribution in [-0.2, 0) is 16.6 Å². The van der Waals surface area contributed by atoms with Crippen LogP contribution < -0.4 is 10.1 Å². The summed E-state index contributed by atoms with van der Waals surface area (Å²) in [7, 11) is 3.49. The fourth-order valence-corrected chi connectivity index (χ4v) is 5.71. The number of benzene rings is 3. The van der Waals surface area contributed by atoms with Gasteiger partial charge in [-0.05, 0) is 90.4 Å². The van der Waals surface area contributed by atoms with Crippen LogP contribution in [0.3, 0.4) is 0 Å². The molecule has 0 bridgehead atoms. The van der Waals surface area contributed by atoms with Crippen molar-refractivity contribution in [3.63, 3.8) is 0 Å². The van der Waals surface area contributed by atoms with Gasteiger partial charge in [-0.2, -0.15) is 0 Å². The first kappa shape index (κ1) is 32.7. The Hall–Kier alpha value is -4.69. The molecule has 8 heteroatoms. The lowest BCUT2D eigenvalue weighted by Crippen LogP contribution is -2.40. The molecule has 1 aliphatic rings. The van der Waals surface area contributed by atoms with E-state index in [0.717, 1.165) is 40.1 Å². The average molecular weight is 621 g/mol. The number of amides is 1. The Morgan fingerprint density at radius 3 is 2.48 bits per heavy atom. The number of H-pyrrole nitrogens is 1. The smallest absolute Gasteiger partial charge is 0.254 e. The molecule has 0 spiro atoms. The number of ether oxygens (including phenoxy) is 2. The van der Waals surface area contributed by atoms with Crippen molar-refractivity contribution in [2.45, 2.75) is 46.0 Å². The minimum Gasteiger partial charge on any atom is -0.457 e. The second-order valence-electron chi connectivity index (χ2n) is 12.7. The van der Waals surface area contributed by atoms with E-state index in [-0.39, 0.29) is 17.1 Å². The van der Waals surface area contributed by atoms with Gasteiger partial charge in [-0.25, -0.2) is 0 Å². The molecule has 0 unspecified atom stereocenters. The van der Waals surface area contributed by atoms with Crippen molar-refractivity contribution in [3.8, 4) is 11.5 Å². The standard InChI is InChI=1S/C38H44N4O4/c1-25-20-31(46-30-9-7-8-29(23-30)38(2,3)4)13-10-26(25)11-15-34(40-6)32(24-39-5)36(43)35-22-28-21-27(12-14-33(28)41-35)37(44)42-16-18-45-19-17-42/h7-10,12-14,20-24,40-41H,11,15-19H2,1-6H3/b34-32-,39-24?. The third kappa shape index (κ3) is 7.57. The maximum absolute atomic E-state index is 13.8. The molecule has 0 aliphatic carbocycles. The lowest BCUT2D eigenvalue weighted by atomic mass is 9.87. The summed E-state index contributed by atoms with van der Waals surface area (Å²) in [5, 5.41) is 4.06. The molecule has 0 radical (unpaired) electrons. The van der Waals surface area contributed by atoms with Crippen LogP contribution in [-0.4, -0.2) is 68.2 Å². The first-order chi connectivity index (χ1) is 22.1. The molecule has 240 valence electrons. The average Bonchev–Trinajstić information content (AvgIpc) is 3.48. The van der Waals surface area contributed by atoms with Gasteiger partial charge in [-0.1, -0.05) is 39.0 Å². The van der Waals surface area contributed by atoms with Crippen LogP contribution in [0.4, 0.5) is 0 Å². The van der Waals surface area contributed by atoms with Crippen LogP contribution in [0.15, 0.2) is 83.0 Å². The Bertz CT molecular complexity index is 1790. The summed E-state index contributed by atoms with van der Waals surface area (Å²) >= 11 is 0. The minimum absolute atomic E-state index is 0.0277. The second kappa shape index (κ2) is 14.2. The van der Waals surface area contributed by atoms with E-state index in [1.807, 2.05) is 43.4 Å². The zero-order valence-electron chi connectivity index (χ0n) is 27.7. The highest BCUT2D eigenvalue weighted by atomic mass is 16.5. The zero-order valence-corrected chi connectivity index (χ0v) is 27.7. The number of hydrogen-bond acceptors (Lipinski definition) is 6. The number of morpholine rings is 1. The van der Waals surface area contributed by atoms with Crippen LogP contribution in [0, 0.1) is 6.92 Å². The van der Waals surface area contributed by atoms with E-state index in [4.69, 9.17) is 9.47 Å². The van der Waals surface area contributed by atoms with Crippen molar-refractivity contribution in [2.24, 2.45) is 4.99 Å². The summed E-state index contributed by atoms with van der Waals surface area (Å²) in [5.74, 6) is 1.42. The lowest BCUT2D eigenvalue weighted by molar-refractivity contribution is 0.0303. The molecule has 1 aromatic heterocycles. The molecule has 4 aromatic rings. The van der Waals surface area contributed by atoms with E-state index in [1.54, 1.807) is 24.2 Å². The fourth-order valence-electron chi connectivity index (χ4n) is 5.71. The molecule has 0 atom stereocenters. The third-order valence-electron chi connectivity index (χ3n) is 8.43. The quantitative estimate of drug-likeness (QED) is 0.113. The number of fused-ring (bicyclic) bond motifs is 1. The number of Topliss-reactive ketones (excluding diaryl/α,β-unsaturated/α-hetero) is 1. The van der Waals surface area contributed by atoms with Crippen LogP contribution in [0.1, 0.15) is 64.7 Å². The number of hydrogen-bond donors (Lipinski definition) is 2. The molecule has 2 heterocycles. The third-order valence-corrected chi connectivity index (χ3v) is 8.43. The molecule has 1 saturated heterocycles. The van der Waals surface area contributed by atoms with Gasteiger partial charge in [0.1, 0.15) is 11.5 Å². The van der Waals surface area contributed by atoms with Crippen LogP contribution in [0.5, 0.6) is 11.5 Å². The van der Waals surface area contributed by atoms with Gasteiger partial charge in [0.15, 0.2) is 0 Å². The predicted molar refractivity (Wildman–Crippen MR) is 185 cm³/mol. The van der Waals surface area contributed by atoms with E-state index in [9.17, 15) is 9.59 Å². The number of carbonyl (C=O) groups is 2. The molecule has 1 aliphatic heterocycles. The Kier molecular flexibility index (Phi) is 10.1. The SMILES string of the molecule is CN=C/C(C(=O)c1cc2cc(C(=O)N3CCOCC3)ccc2[nH]1)=C(\CCc1ccc(Oc2cccc(C(C)(C)C)c2)cc1C)NC. The lowest BCUT2D eigenvalue weighted by Gasteiger charge is -2.26. The first-order valence-corrected chi connectivity index (χ1v) is 15.8. The number of aliphatic imine (C=N–C) groups is 1. The van der Waals surface area contributed by atoms with E-state index < -0.39 is 0 Å². The Morgan fingerprint density at radius 1 is 1.02 bits per heavy atom. The molecule has 1 fully saturated rings. The summed E-state index contributed by atoms with van der Waals surface area (Å²) in [6, 6.07) is 21.7. The van der Waals surface area contributed by atoms with Gasteiger partial charge in [-0.15, -0.1) is 0 Å². The van der Waals surface area contributed by atoms with E-state index in [1.165, 1.54) is 11.1 Å². The number of ketones is 1. The molecule has 8 nitrogen and oxygen atoms in total. The Labute approximate surface area is 271 Å². The summed E-state index contributed by atoms with van der Waals surface area (Å²) in [5.41, 5.74) is 6.70.